The summed E-state index contributed by atoms with van der Waals surface area (Å²) < 4.78 is 63.9. The van der Waals surface area contributed by atoms with Crippen LogP contribution in [0, 0.1) is 11.6 Å². The summed E-state index contributed by atoms with van der Waals surface area (Å²) in [5.41, 5.74) is -1.28. The Hall–Kier alpha value is -1.96. The maximum absolute atomic E-state index is 13.0. The molecule has 0 spiro atoms. The van der Waals surface area contributed by atoms with Gasteiger partial charge in [0.1, 0.15) is 11.4 Å². The molecule has 9 heteroatoms. The molecule has 0 saturated heterocycles. The van der Waals surface area contributed by atoms with Crippen LogP contribution in [0.3, 0.4) is 0 Å². The van der Waals surface area contributed by atoms with Crippen molar-refractivity contribution in [2.45, 2.75) is 6.18 Å². The first-order chi connectivity index (χ1) is 9.27. The first-order valence-corrected chi connectivity index (χ1v) is 5.47. The SMILES string of the molecule is Fc1ccc(Nc2nc(Cl)ncc2C(F)(F)F)cc1F. The van der Waals surface area contributed by atoms with E-state index in [1.165, 1.54) is 0 Å². The van der Waals surface area contributed by atoms with E-state index >= 15 is 0 Å². The van der Waals surface area contributed by atoms with E-state index in [4.69, 9.17) is 11.6 Å². The highest BCUT2D eigenvalue weighted by Gasteiger charge is 2.35. The fourth-order valence-electron chi connectivity index (χ4n) is 1.37. The number of nitrogens with one attached hydrogen (secondary N) is 1. The molecule has 2 aromatic rings. The average molecular weight is 310 g/mol. The van der Waals surface area contributed by atoms with Gasteiger partial charge in [0, 0.05) is 18.0 Å². The van der Waals surface area contributed by atoms with Crippen LogP contribution in [0.15, 0.2) is 24.4 Å². The van der Waals surface area contributed by atoms with Crippen molar-refractivity contribution in [2.24, 2.45) is 0 Å². The highest BCUT2D eigenvalue weighted by atomic mass is 35.5. The van der Waals surface area contributed by atoms with Crippen LogP contribution in [-0.4, -0.2) is 9.97 Å². The number of benzene rings is 1. The molecule has 3 nitrogen and oxygen atoms in total. The van der Waals surface area contributed by atoms with Crippen LogP contribution in [0.2, 0.25) is 5.28 Å². The third kappa shape index (κ3) is 3.13. The summed E-state index contributed by atoms with van der Waals surface area (Å²) in [5, 5.41) is 1.81. The van der Waals surface area contributed by atoms with Gasteiger partial charge in [-0.25, -0.2) is 13.8 Å². The molecule has 0 atom stereocenters. The average Bonchev–Trinajstić information content (AvgIpc) is 2.32. The smallest absolute Gasteiger partial charge is 0.339 e. The zero-order valence-electron chi connectivity index (χ0n) is 9.47. The lowest BCUT2D eigenvalue weighted by atomic mass is 10.2. The van der Waals surface area contributed by atoms with Crippen molar-refractivity contribution in [1.82, 2.24) is 9.97 Å². The maximum atomic E-state index is 13.0. The zero-order chi connectivity index (χ0) is 14.9. The normalized spacial score (nSPS) is 11.5. The van der Waals surface area contributed by atoms with Crippen LogP contribution in [-0.2, 0) is 6.18 Å². The van der Waals surface area contributed by atoms with Crippen LogP contribution in [0.1, 0.15) is 5.56 Å². The van der Waals surface area contributed by atoms with Crippen molar-refractivity contribution in [3.05, 3.63) is 46.9 Å². The van der Waals surface area contributed by atoms with Gasteiger partial charge in [-0.1, -0.05) is 0 Å². The molecule has 0 saturated carbocycles. The van der Waals surface area contributed by atoms with Crippen molar-refractivity contribution in [1.29, 1.82) is 0 Å². The molecule has 0 radical (unpaired) electrons. The van der Waals surface area contributed by atoms with Crippen molar-refractivity contribution < 1.29 is 22.0 Å². The van der Waals surface area contributed by atoms with Gasteiger partial charge in [0.2, 0.25) is 5.28 Å². The van der Waals surface area contributed by atoms with Gasteiger partial charge in [0.15, 0.2) is 11.6 Å². The summed E-state index contributed by atoms with van der Waals surface area (Å²) in [5.74, 6) is -2.97. The Morgan fingerprint density at radius 2 is 1.80 bits per heavy atom. The molecular weight excluding hydrogens is 305 g/mol. The monoisotopic (exact) mass is 309 g/mol. The number of halogens is 6. The second-order valence-electron chi connectivity index (χ2n) is 3.65. The number of alkyl halides is 3. The van der Waals surface area contributed by atoms with Crippen LogP contribution < -0.4 is 5.32 Å². The van der Waals surface area contributed by atoms with Crippen LogP contribution in [0.5, 0.6) is 0 Å². The molecule has 1 heterocycles. The Morgan fingerprint density at radius 1 is 1.10 bits per heavy atom. The van der Waals surface area contributed by atoms with Crippen LogP contribution in [0.4, 0.5) is 33.5 Å². The number of rotatable bonds is 2. The summed E-state index contributed by atoms with van der Waals surface area (Å²) >= 11 is 5.43. The number of anilines is 2. The van der Waals surface area contributed by atoms with E-state index in [-0.39, 0.29) is 5.69 Å². The Bertz CT molecular complexity index is 644. The largest absolute Gasteiger partial charge is 0.421 e. The quantitative estimate of drug-likeness (QED) is 0.668. The summed E-state index contributed by atoms with van der Waals surface area (Å²) in [4.78, 5) is 6.63. The minimum Gasteiger partial charge on any atom is -0.339 e. The van der Waals surface area contributed by atoms with Crippen molar-refractivity contribution >= 4 is 23.1 Å². The molecule has 106 valence electrons. The molecule has 1 aromatic heterocycles. The lowest BCUT2D eigenvalue weighted by Gasteiger charge is -2.13. The predicted octanol–water partition coefficient (Wildman–Crippen LogP) is 4.17. The van der Waals surface area contributed by atoms with Gasteiger partial charge in [-0.05, 0) is 23.7 Å². The summed E-state index contributed by atoms with van der Waals surface area (Å²) in [6.45, 7) is 0. The van der Waals surface area contributed by atoms with Gasteiger partial charge in [-0.2, -0.15) is 18.2 Å². The van der Waals surface area contributed by atoms with E-state index in [0.29, 0.717) is 12.3 Å². The van der Waals surface area contributed by atoms with Gasteiger partial charge in [-0.15, -0.1) is 0 Å². The highest BCUT2D eigenvalue weighted by Crippen LogP contribution is 2.35. The molecule has 0 bridgehead atoms. The highest BCUT2D eigenvalue weighted by molar-refractivity contribution is 6.28. The van der Waals surface area contributed by atoms with E-state index in [0.717, 1.165) is 12.1 Å². The fraction of sp³-hybridized carbons (Fsp3) is 0.0909. The molecule has 0 aliphatic carbocycles. The van der Waals surface area contributed by atoms with Gasteiger partial charge in [0.25, 0.3) is 0 Å². The minimum atomic E-state index is -4.72. The topological polar surface area (TPSA) is 37.8 Å². The summed E-state index contributed by atoms with van der Waals surface area (Å²) in [6.07, 6.45) is -4.22. The molecule has 0 aliphatic heterocycles. The minimum absolute atomic E-state index is 0.107. The molecule has 0 unspecified atom stereocenters. The fourth-order valence-corrected chi connectivity index (χ4v) is 1.51. The number of aromatic nitrogens is 2. The molecule has 0 aliphatic rings. The maximum Gasteiger partial charge on any atom is 0.421 e. The number of nitrogens with zero attached hydrogens (tertiary/aromatic N) is 2. The first-order valence-electron chi connectivity index (χ1n) is 5.09. The third-order valence-electron chi connectivity index (χ3n) is 2.25. The molecule has 20 heavy (non-hydrogen) atoms. The first kappa shape index (κ1) is 14.4. The van der Waals surface area contributed by atoms with Gasteiger partial charge < -0.3 is 5.32 Å². The van der Waals surface area contributed by atoms with Crippen LogP contribution >= 0.6 is 11.6 Å². The van der Waals surface area contributed by atoms with Crippen molar-refractivity contribution in [3.63, 3.8) is 0 Å². The molecule has 0 amide bonds. The van der Waals surface area contributed by atoms with E-state index in [9.17, 15) is 22.0 Å². The Labute approximate surface area is 114 Å². The molecule has 1 N–H and O–H groups in total. The summed E-state index contributed by atoms with van der Waals surface area (Å²) in [6, 6.07) is 2.54. The van der Waals surface area contributed by atoms with E-state index in [1.807, 2.05) is 0 Å². The Kier molecular flexibility index (Phi) is 3.76. The third-order valence-corrected chi connectivity index (χ3v) is 2.43. The van der Waals surface area contributed by atoms with E-state index in [2.05, 4.69) is 15.3 Å². The second-order valence-corrected chi connectivity index (χ2v) is 3.99. The van der Waals surface area contributed by atoms with Gasteiger partial charge in [-0.3, -0.25) is 0 Å². The lowest BCUT2D eigenvalue weighted by molar-refractivity contribution is -0.137. The van der Waals surface area contributed by atoms with E-state index < -0.39 is 34.5 Å². The Morgan fingerprint density at radius 3 is 2.40 bits per heavy atom. The molecule has 0 fully saturated rings. The Balaban J connectivity index is 2.42. The predicted molar refractivity (Wildman–Crippen MR) is 61.7 cm³/mol. The zero-order valence-corrected chi connectivity index (χ0v) is 10.2. The van der Waals surface area contributed by atoms with E-state index in [1.54, 1.807) is 0 Å². The number of hydrogen-bond acceptors (Lipinski definition) is 3. The number of hydrogen-bond donors (Lipinski definition) is 1. The lowest BCUT2D eigenvalue weighted by Crippen LogP contribution is -2.11. The molecular formula is C11H5ClF5N3. The second kappa shape index (κ2) is 5.20. The van der Waals surface area contributed by atoms with Gasteiger partial charge in [0.05, 0.1) is 0 Å². The standard InChI is InChI=1S/C11H5ClF5N3/c12-10-18-4-6(11(15,16)17)9(20-10)19-5-1-2-7(13)8(14)3-5/h1-4H,(H,18,19,20). The molecule has 2 rings (SSSR count). The van der Waals surface area contributed by atoms with Crippen molar-refractivity contribution in [2.75, 3.05) is 5.32 Å². The summed E-state index contributed by atoms with van der Waals surface area (Å²) in [7, 11) is 0. The van der Waals surface area contributed by atoms with Crippen LogP contribution in [0.25, 0.3) is 0 Å². The van der Waals surface area contributed by atoms with Crippen molar-refractivity contribution in [3.8, 4) is 0 Å². The molecule has 1 aromatic carbocycles. The van der Waals surface area contributed by atoms with Gasteiger partial charge >= 0.3 is 6.18 Å².